The Kier molecular flexibility index (Phi) is 13.8. The molecule has 1 unspecified atom stereocenters. The molecule has 0 aliphatic carbocycles. The minimum Gasteiger partial charge on any atom is -0.460 e. The highest BCUT2D eigenvalue weighted by atomic mass is 32.2. The van der Waals surface area contributed by atoms with E-state index in [0.29, 0.717) is 34.7 Å². The van der Waals surface area contributed by atoms with Gasteiger partial charge in [0.15, 0.2) is 11.1 Å². The van der Waals surface area contributed by atoms with Gasteiger partial charge >= 0.3 is 11.9 Å². The smallest absolute Gasteiger partial charge is 0.338 e. The number of allylic oxidation sites excluding steroid dienone is 2. The fourth-order valence-corrected chi connectivity index (χ4v) is 6.74. The molecule has 0 amide bonds. The second kappa shape index (κ2) is 19.3. The molecule has 0 spiro atoms. The average molecular weight is 740 g/mol. The minimum absolute atomic E-state index is 0.0449. The molecule has 1 N–H and O–H groups in total. The van der Waals surface area contributed by atoms with Gasteiger partial charge in [-0.1, -0.05) is 84.9 Å². The summed E-state index contributed by atoms with van der Waals surface area (Å²) in [6.45, 7) is 0.988. The number of hydrogen-bond acceptors (Lipinski definition) is 9. The lowest BCUT2D eigenvalue weighted by Crippen LogP contribution is -2.32. The van der Waals surface area contributed by atoms with E-state index in [1.807, 2.05) is 71.7 Å². The molecular weight excluding hydrogens is 707 g/mol. The van der Waals surface area contributed by atoms with Crippen molar-refractivity contribution in [2.75, 3.05) is 31.2 Å². The van der Waals surface area contributed by atoms with Crippen molar-refractivity contribution in [3.05, 3.63) is 170 Å². The molecule has 0 saturated heterocycles. The van der Waals surface area contributed by atoms with E-state index in [4.69, 9.17) is 9.47 Å². The van der Waals surface area contributed by atoms with Crippen molar-refractivity contribution in [3.8, 4) is 12.1 Å². The number of nitrogens with zero attached hydrogens (tertiary/aromatic N) is 3. The van der Waals surface area contributed by atoms with E-state index in [1.165, 1.54) is 17.4 Å². The fraction of sp³-hybridized carbons (Fsp3) is 0.0952. The van der Waals surface area contributed by atoms with Gasteiger partial charge in [-0.15, -0.1) is 11.3 Å². The quantitative estimate of drug-likeness (QED) is 0.0484. The molecule has 0 aliphatic heterocycles. The number of thiophene rings is 1. The van der Waals surface area contributed by atoms with Gasteiger partial charge in [-0.2, -0.15) is 10.5 Å². The highest BCUT2D eigenvalue weighted by Crippen LogP contribution is 2.32. The van der Waals surface area contributed by atoms with E-state index in [2.05, 4.69) is 0 Å². The zero-order valence-corrected chi connectivity index (χ0v) is 30.0. The van der Waals surface area contributed by atoms with Crippen molar-refractivity contribution in [2.24, 2.45) is 0 Å². The molecule has 5 rings (SSSR count). The summed E-state index contributed by atoms with van der Waals surface area (Å²) in [7, 11) is 0. The van der Waals surface area contributed by atoms with Gasteiger partial charge in [0.25, 0.3) is 0 Å². The lowest BCUT2D eigenvalue weighted by molar-refractivity contribution is 0.0504. The predicted octanol–water partition coefficient (Wildman–Crippen LogP) is 8.50. The van der Waals surface area contributed by atoms with Crippen molar-refractivity contribution in [1.29, 1.82) is 10.5 Å². The Hall–Kier alpha value is -6.37. The topological polar surface area (TPSA) is 141 Å². The first kappa shape index (κ1) is 37.9. The van der Waals surface area contributed by atoms with Crippen LogP contribution in [0.25, 0.3) is 23.8 Å². The van der Waals surface area contributed by atoms with E-state index >= 15 is 0 Å². The van der Waals surface area contributed by atoms with Gasteiger partial charge in [0.05, 0.1) is 29.1 Å². The summed E-state index contributed by atoms with van der Waals surface area (Å²) in [5.74, 6) is -0.839. The number of esters is 2. The summed E-state index contributed by atoms with van der Waals surface area (Å²) < 4.78 is 33.7. The Labute approximate surface area is 314 Å². The third kappa shape index (κ3) is 10.8. The van der Waals surface area contributed by atoms with Crippen molar-refractivity contribution in [2.45, 2.75) is 0 Å². The van der Waals surface area contributed by atoms with Gasteiger partial charge in [0.1, 0.15) is 30.9 Å². The number of nitriles is 2. The molecule has 0 radical (unpaired) electrons. The maximum atomic E-state index is 12.5. The van der Waals surface area contributed by atoms with Crippen LogP contribution in [0, 0.1) is 22.7 Å². The number of carbonyl (C=O) groups is 2. The third-order valence-electron chi connectivity index (χ3n) is 7.80. The highest BCUT2D eigenvalue weighted by molar-refractivity contribution is 7.84. The van der Waals surface area contributed by atoms with Crippen LogP contribution in [-0.2, 0) is 20.6 Å². The molecule has 11 heteroatoms. The maximum Gasteiger partial charge on any atom is 0.338 e. The second-order valence-corrected chi connectivity index (χ2v) is 13.3. The largest absolute Gasteiger partial charge is 0.460 e. The third-order valence-corrected chi connectivity index (χ3v) is 9.49. The van der Waals surface area contributed by atoms with Crippen molar-refractivity contribution in [3.63, 3.8) is 0 Å². The first-order valence-corrected chi connectivity index (χ1v) is 18.3. The van der Waals surface area contributed by atoms with Gasteiger partial charge in [0.2, 0.25) is 0 Å². The van der Waals surface area contributed by atoms with E-state index in [9.17, 15) is 28.9 Å². The molecule has 53 heavy (non-hydrogen) atoms. The van der Waals surface area contributed by atoms with Gasteiger partial charge in [-0.25, -0.2) is 13.8 Å². The Morgan fingerprint density at radius 1 is 0.679 bits per heavy atom. The SMILES string of the molecule is N#CC(C#N)=C(/C(=C/c1ccc(/C=C/c2ccc(N(CCOC(=O)c3ccccc3)CCOC(=O)c3ccccc3)cc2)s1)S(=O)O)c1ccccc1. The van der Waals surface area contributed by atoms with E-state index in [-0.39, 0.29) is 29.3 Å². The van der Waals surface area contributed by atoms with E-state index in [1.54, 1.807) is 84.9 Å². The number of anilines is 1. The highest BCUT2D eigenvalue weighted by Gasteiger charge is 2.19. The molecule has 9 nitrogen and oxygen atoms in total. The minimum atomic E-state index is -2.48. The van der Waals surface area contributed by atoms with Crippen molar-refractivity contribution < 1.29 is 27.8 Å². The van der Waals surface area contributed by atoms with Crippen LogP contribution in [0.15, 0.2) is 138 Å². The Bertz CT molecular complexity index is 2140. The molecule has 1 atom stereocenters. The molecule has 0 fully saturated rings. The van der Waals surface area contributed by atoms with Gasteiger partial charge in [0, 0.05) is 21.0 Å². The van der Waals surface area contributed by atoms with Crippen LogP contribution in [0.4, 0.5) is 5.69 Å². The standard InChI is InChI=1S/C42H33N3O6S2/c43-29-35(30-44)40(32-10-4-1-5-11-32)39(53(48)49)28-38-23-22-37(52-38)21-18-31-16-19-36(20-17-31)45(24-26-50-41(46)33-12-6-2-7-13-33)25-27-51-42(47)34-14-8-3-9-15-34/h1-23,28H,24-27H2,(H,48,49)/b21-18+,39-28-. The summed E-state index contributed by atoms with van der Waals surface area (Å²) in [6.07, 6.45) is 5.37. The van der Waals surface area contributed by atoms with Crippen LogP contribution in [0.1, 0.15) is 41.6 Å². The zero-order chi connectivity index (χ0) is 37.4. The summed E-state index contributed by atoms with van der Waals surface area (Å²) in [4.78, 5) is 28.5. The molecule has 0 bridgehead atoms. The predicted molar refractivity (Wildman–Crippen MR) is 209 cm³/mol. The normalized spacial score (nSPS) is 11.6. The summed E-state index contributed by atoms with van der Waals surface area (Å²) in [5, 5.41) is 19.2. The summed E-state index contributed by atoms with van der Waals surface area (Å²) >= 11 is -1.10. The Morgan fingerprint density at radius 3 is 1.66 bits per heavy atom. The number of carbonyl (C=O) groups excluding carboxylic acids is 2. The van der Waals surface area contributed by atoms with Gasteiger partial charge in [-0.3, -0.25) is 0 Å². The average Bonchev–Trinajstić information content (AvgIpc) is 3.66. The molecular formula is C42H33N3O6S2. The zero-order valence-electron chi connectivity index (χ0n) is 28.3. The molecule has 5 aromatic rings. The number of ether oxygens (including phenoxy) is 2. The first-order chi connectivity index (χ1) is 25.9. The number of hydrogen-bond donors (Lipinski definition) is 1. The first-order valence-electron chi connectivity index (χ1n) is 16.4. The van der Waals surface area contributed by atoms with E-state index in [0.717, 1.165) is 16.1 Å². The van der Waals surface area contributed by atoms with E-state index < -0.39 is 23.0 Å². The molecule has 264 valence electrons. The van der Waals surface area contributed by atoms with Gasteiger partial charge < -0.3 is 18.9 Å². The maximum absolute atomic E-state index is 12.5. The number of rotatable bonds is 15. The van der Waals surface area contributed by atoms with Crippen molar-refractivity contribution >= 4 is 63.8 Å². The van der Waals surface area contributed by atoms with Crippen LogP contribution >= 0.6 is 11.3 Å². The summed E-state index contributed by atoms with van der Waals surface area (Å²) in [5.41, 5.74) is 3.02. The van der Waals surface area contributed by atoms with Gasteiger partial charge in [-0.05, 0) is 71.8 Å². The molecule has 0 aliphatic rings. The van der Waals surface area contributed by atoms with Crippen molar-refractivity contribution in [1.82, 2.24) is 0 Å². The number of benzene rings is 4. The lowest BCUT2D eigenvalue weighted by atomic mass is 10.00. The molecule has 1 heterocycles. The second-order valence-electron chi connectivity index (χ2n) is 11.3. The van der Waals surface area contributed by atoms with Crippen LogP contribution in [0.3, 0.4) is 0 Å². The fourth-order valence-electron chi connectivity index (χ4n) is 5.18. The molecule has 0 saturated carbocycles. The van der Waals surface area contributed by atoms with Crippen LogP contribution in [0.2, 0.25) is 0 Å². The molecule has 4 aromatic carbocycles. The monoisotopic (exact) mass is 739 g/mol. The van der Waals surface area contributed by atoms with Crippen LogP contribution in [-0.4, -0.2) is 47.0 Å². The summed E-state index contributed by atoms with van der Waals surface area (Å²) in [6, 6.07) is 41.2. The Balaban J connectivity index is 1.28. The Morgan fingerprint density at radius 2 is 1.17 bits per heavy atom. The molecule has 1 aromatic heterocycles. The van der Waals surface area contributed by atoms with Crippen LogP contribution < -0.4 is 4.90 Å². The van der Waals surface area contributed by atoms with Crippen LogP contribution in [0.5, 0.6) is 0 Å². The lowest BCUT2D eigenvalue weighted by Gasteiger charge is -2.24.